The maximum absolute atomic E-state index is 12.4. The number of aryl methyl sites for hydroxylation is 6. The zero-order valence-corrected chi connectivity index (χ0v) is 38.7. The van der Waals surface area contributed by atoms with Crippen LogP contribution in [0.2, 0.25) is 0 Å². The molecule has 0 fully saturated rings. The maximum Gasteiger partial charge on any atom is 0.350 e. The minimum Gasteiger partial charge on any atom is -0.477 e. The third-order valence-electron chi connectivity index (χ3n) is 10.3. The summed E-state index contributed by atoms with van der Waals surface area (Å²) < 4.78 is 5.01. The lowest BCUT2D eigenvalue weighted by Crippen LogP contribution is -2.14. The molecule has 0 atom stereocenters. The number of hydrogen-bond donors (Lipinski definition) is 1. The molecule has 2 heterocycles. The number of aromatic nitrogens is 2. The summed E-state index contributed by atoms with van der Waals surface area (Å²) in [6.45, 7) is 18.3. The fourth-order valence-electron chi connectivity index (χ4n) is 6.26. The van der Waals surface area contributed by atoms with Gasteiger partial charge in [0.25, 0.3) is 0 Å². The van der Waals surface area contributed by atoms with E-state index in [1.165, 1.54) is 35.3 Å². The lowest BCUT2D eigenvalue weighted by Gasteiger charge is -2.11. The average molecular weight is 857 g/mol. The third-order valence-corrected chi connectivity index (χ3v) is 12.4. The van der Waals surface area contributed by atoms with E-state index in [1.807, 2.05) is 106 Å². The van der Waals surface area contributed by atoms with Gasteiger partial charge in [0.15, 0.2) is 0 Å². The molecule has 0 saturated heterocycles. The summed E-state index contributed by atoms with van der Waals surface area (Å²) >= 11 is 2.65. The molecule has 10 nitrogen and oxygen atoms in total. The Bertz CT molecular complexity index is 2540. The van der Waals surface area contributed by atoms with Crippen LogP contribution in [0.1, 0.15) is 87.7 Å². The van der Waals surface area contributed by atoms with Gasteiger partial charge in [0.2, 0.25) is 0 Å². The molecule has 6 aromatic rings. The first-order chi connectivity index (χ1) is 29.1. The Morgan fingerprint density at radius 1 is 0.639 bits per heavy atom. The predicted octanol–water partition coefficient (Wildman–Crippen LogP) is 11.4. The molecule has 0 bridgehead atoms. The summed E-state index contributed by atoms with van der Waals surface area (Å²) in [5.41, 5.74) is 14.0. The SMILES string of the molecule is CCN(C)C=Nc1cc(C)c(Cc2nc(-c3ccc(C)cc3)c(C(=O)O)s2)cc1C.CCN(C)C=Nc1cc(C)c(Cc2nc(-c3ccc(C)cc3)c(C(=O)OC)s2)cc1C. The smallest absolute Gasteiger partial charge is 0.350 e. The van der Waals surface area contributed by atoms with Crippen LogP contribution in [-0.2, 0) is 17.6 Å². The molecule has 318 valence electrons. The van der Waals surface area contributed by atoms with Crippen molar-refractivity contribution >= 4 is 58.7 Å². The van der Waals surface area contributed by atoms with Gasteiger partial charge < -0.3 is 19.6 Å². The number of hydrogen-bond acceptors (Lipinski definition) is 9. The van der Waals surface area contributed by atoms with Crippen LogP contribution in [0.25, 0.3) is 22.5 Å². The number of methoxy groups -OCH3 is 1. The molecule has 0 radical (unpaired) electrons. The largest absolute Gasteiger partial charge is 0.477 e. The first-order valence-electron chi connectivity index (χ1n) is 20.2. The average Bonchev–Trinajstić information content (AvgIpc) is 3.87. The normalized spacial score (nSPS) is 11.2. The van der Waals surface area contributed by atoms with Crippen LogP contribution in [0, 0.1) is 41.5 Å². The topological polar surface area (TPSA) is 121 Å². The minimum atomic E-state index is -0.938. The molecule has 0 aliphatic heterocycles. The Kier molecular flexibility index (Phi) is 15.9. The summed E-state index contributed by atoms with van der Waals surface area (Å²) in [5.74, 6) is -1.29. The summed E-state index contributed by atoms with van der Waals surface area (Å²) in [4.78, 5) is 47.8. The van der Waals surface area contributed by atoms with E-state index in [9.17, 15) is 14.7 Å². The number of esters is 1. The standard InChI is InChI=1S/C25H29N3O2S.C24H27N3O2S/c1-7-28(5)15-26-21-13-17(3)20(12-18(21)4)14-22-27-23(24(31-22)25(29)30-6)19-10-8-16(2)9-11-19;1-6-27(5)14-25-20-12-16(3)19(11-17(20)4)13-21-26-22(23(30-21)24(28)29)18-9-7-15(2)8-10-18/h8-13,15H,7,14H2,1-6H3;7-12,14H,6,13H2,1-5H3,(H,28,29). The van der Waals surface area contributed by atoms with E-state index >= 15 is 0 Å². The Morgan fingerprint density at radius 3 is 1.41 bits per heavy atom. The Morgan fingerprint density at radius 2 is 1.03 bits per heavy atom. The zero-order valence-electron chi connectivity index (χ0n) is 37.1. The summed E-state index contributed by atoms with van der Waals surface area (Å²) in [7, 11) is 5.41. The molecule has 12 heteroatoms. The maximum atomic E-state index is 12.4. The van der Waals surface area contributed by atoms with Gasteiger partial charge in [0.05, 0.1) is 52.6 Å². The summed E-state index contributed by atoms with van der Waals surface area (Å²) in [5, 5.41) is 11.4. The van der Waals surface area contributed by atoms with Gasteiger partial charge in [-0.2, -0.15) is 0 Å². The van der Waals surface area contributed by atoms with Crippen LogP contribution in [0.5, 0.6) is 0 Å². The van der Waals surface area contributed by atoms with Gasteiger partial charge in [0, 0.05) is 51.2 Å². The molecule has 0 amide bonds. The van der Waals surface area contributed by atoms with Crippen molar-refractivity contribution in [1.29, 1.82) is 0 Å². The molecule has 0 unspecified atom stereocenters. The number of benzene rings is 4. The lowest BCUT2D eigenvalue weighted by molar-refractivity contribution is 0.0606. The molecule has 0 aliphatic rings. The highest BCUT2D eigenvalue weighted by molar-refractivity contribution is 7.14. The number of carboxylic acid groups (broad SMARTS) is 1. The number of carbonyl (C=O) groups is 2. The van der Waals surface area contributed by atoms with Crippen LogP contribution in [0.4, 0.5) is 11.4 Å². The quantitative estimate of drug-likeness (QED) is 0.0653. The van der Waals surface area contributed by atoms with Gasteiger partial charge in [-0.3, -0.25) is 0 Å². The Labute approximate surface area is 368 Å². The molecule has 1 N–H and O–H groups in total. The van der Waals surface area contributed by atoms with Crippen molar-refractivity contribution in [1.82, 2.24) is 19.8 Å². The second-order valence-electron chi connectivity index (χ2n) is 15.2. The van der Waals surface area contributed by atoms with Crippen molar-refractivity contribution in [3.8, 4) is 22.5 Å². The molecule has 61 heavy (non-hydrogen) atoms. The molecule has 2 aromatic heterocycles. The fraction of sp³-hybridized carbons (Fsp3) is 0.306. The van der Waals surface area contributed by atoms with Crippen LogP contribution in [0.3, 0.4) is 0 Å². The van der Waals surface area contributed by atoms with Crippen molar-refractivity contribution in [2.24, 2.45) is 9.98 Å². The number of rotatable bonds is 14. The number of ether oxygens (including phenoxy) is 1. The van der Waals surface area contributed by atoms with E-state index in [2.05, 4.69) is 68.9 Å². The number of aromatic carboxylic acids is 1. The van der Waals surface area contributed by atoms with Gasteiger partial charge in [-0.05, 0) is 101 Å². The fourth-order valence-corrected chi connectivity index (χ4v) is 8.24. The van der Waals surface area contributed by atoms with E-state index < -0.39 is 5.97 Å². The van der Waals surface area contributed by atoms with E-state index in [-0.39, 0.29) is 10.8 Å². The van der Waals surface area contributed by atoms with Crippen LogP contribution in [0.15, 0.2) is 82.8 Å². The molecule has 0 saturated carbocycles. The highest BCUT2D eigenvalue weighted by atomic mass is 32.1. The van der Waals surface area contributed by atoms with Crippen molar-refractivity contribution in [2.75, 3.05) is 34.3 Å². The van der Waals surface area contributed by atoms with E-state index in [4.69, 9.17) is 14.7 Å². The number of thiazole rings is 2. The first-order valence-corrected chi connectivity index (χ1v) is 21.9. The van der Waals surface area contributed by atoms with Crippen molar-refractivity contribution in [2.45, 2.75) is 68.2 Å². The second-order valence-corrected chi connectivity index (χ2v) is 17.4. The number of nitrogens with zero attached hydrogens (tertiary/aromatic N) is 6. The highest BCUT2D eigenvalue weighted by Gasteiger charge is 2.22. The van der Waals surface area contributed by atoms with Crippen LogP contribution < -0.4 is 0 Å². The minimum absolute atomic E-state index is 0.284. The number of carbonyl (C=O) groups excluding carboxylic acids is 1. The van der Waals surface area contributed by atoms with E-state index in [1.54, 1.807) is 0 Å². The van der Waals surface area contributed by atoms with Gasteiger partial charge in [-0.15, -0.1) is 22.7 Å². The highest BCUT2D eigenvalue weighted by Crippen LogP contribution is 2.34. The Hall–Kier alpha value is -5.98. The Balaban J connectivity index is 0.000000231. The predicted molar refractivity (Wildman–Crippen MR) is 253 cm³/mol. The lowest BCUT2D eigenvalue weighted by atomic mass is 10.0. The van der Waals surface area contributed by atoms with Crippen molar-refractivity contribution in [3.63, 3.8) is 0 Å². The van der Waals surface area contributed by atoms with Crippen molar-refractivity contribution in [3.05, 3.63) is 137 Å². The molecule has 0 spiro atoms. The second kappa shape index (κ2) is 21.0. The molecular weight excluding hydrogens is 801 g/mol. The van der Waals surface area contributed by atoms with Gasteiger partial charge in [0.1, 0.15) is 9.75 Å². The zero-order chi connectivity index (χ0) is 44.4. The monoisotopic (exact) mass is 856 g/mol. The van der Waals surface area contributed by atoms with E-state index in [0.29, 0.717) is 29.1 Å². The van der Waals surface area contributed by atoms with Crippen LogP contribution in [-0.4, -0.2) is 83.8 Å². The summed E-state index contributed by atoms with van der Waals surface area (Å²) in [6, 6.07) is 24.3. The molecule has 4 aromatic carbocycles. The summed E-state index contributed by atoms with van der Waals surface area (Å²) in [6.07, 6.45) is 4.96. The molecule has 0 aliphatic carbocycles. The van der Waals surface area contributed by atoms with Gasteiger partial charge >= 0.3 is 11.9 Å². The van der Waals surface area contributed by atoms with Gasteiger partial charge in [-0.25, -0.2) is 29.5 Å². The molecule has 6 rings (SSSR count). The number of aliphatic imine (C=N–C) groups is 2. The third kappa shape index (κ3) is 12.1. The molecular formula is C49H56N6O4S2. The first kappa shape index (κ1) is 46.1. The number of carboxylic acids is 1. The van der Waals surface area contributed by atoms with Crippen LogP contribution >= 0.6 is 22.7 Å². The van der Waals surface area contributed by atoms with Gasteiger partial charge in [-0.1, -0.05) is 71.8 Å². The van der Waals surface area contributed by atoms with Crippen molar-refractivity contribution < 1.29 is 19.4 Å². The van der Waals surface area contributed by atoms with E-state index in [0.717, 1.165) is 84.6 Å².